The van der Waals surface area contributed by atoms with Crippen molar-refractivity contribution in [1.82, 2.24) is 5.32 Å². The molecule has 0 fully saturated rings. The minimum absolute atomic E-state index is 0.0761. The van der Waals surface area contributed by atoms with Crippen LogP contribution in [0.3, 0.4) is 0 Å². The molecule has 2 N–H and O–H groups in total. The third-order valence-electron chi connectivity index (χ3n) is 1.35. The summed E-state index contributed by atoms with van der Waals surface area (Å²) >= 11 is 0. The number of hydrogen-bond acceptors (Lipinski definition) is 3. The van der Waals surface area contributed by atoms with Crippen LogP contribution in [0.2, 0.25) is 0 Å². The molecule has 0 aliphatic rings. The van der Waals surface area contributed by atoms with Crippen molar-refractivity contribution >= 4 is 12.1 Å². The van der Waals surface area contributed by atoms with Gasteiger partial charge in [0.25, 0.3) is 0 Å². The molecule has 0 radical (unpaired) electrons. The lowest BCUT2D eigenvalue weighted by molar-refractivity contribution is -0.137. The van der Waals surface area contributed by atoms with Gasteiger partial charge in [0.05, 0.1) is 6.42 Å². The van der Waals surface area contributed by atoms with Gasteiger partial charge in [-0.25, -0.2) is 4.79 Å². The van der Waals surface area contributed by atoms with Crippen LogP contribution >= 0.6 is 0 Å². The molecule has 0 aliphatic carbocycles. The number of unbranched alkanes of at least 4 members (excludes halogenated alkanes) is 1. The number of carboxylic acid groups (broad SMARTS) is 1. The van der Waals surface area contributed by atoms with Gasteiger partial charge in [0.2, 0.25) is 0 Å². The summed E-state index contributed by atoms with van der Waals surface area (Å²) in [7, 11) is 0. The Hall–Kier alpha value is -1.26. The Morgan fingerprint density at radius 2 is 2.15 bits per heavy atom. The SMILES string of the molecule is CCCCNC(=O)OCCC(=O)O. The van der Waals surface area contributed by atoms with Crippen molar-refractivity contribution in [3.8, 4) is 0 Å². The van der Waals surface area contributed by atoms with Crippen molar-refractivity contribution in [2.75, 3.05) is 13.2 Å². The van der Waals surface area contributed by atoms with E-state index in [9.17, 15) is 9.59 Å². The van der Waals surface area contributed by atoms with E-state index in [4.69, 9.17) is 5.11 Å². The van der Waals surface area contributed by atoms with E-state index in [0.29, 0.717) is 6.54 Å². The predicted molar refractivity (Wildman–Crippen MR) is 46.5 cm³/mol. The third-order valence-corrected chi connectivity index (χ3v) is 1.35. The Bertz CT molecular complexity index is 170. The number of amides is 1. The Balaban J connectivity index is 3.25. The van der Waals surface area contributed by atoms with Crippen LogP contribution in [0.25, 0.3) is 0 Å². The lowest BCUT2D eigenvalue weighted by Crippen LogP contribution is -2.26. The van der Waals surface area contributed by atoms with E-state index in [-0.39, 0.29) is 13.0 Å². The molecular weight excluding hydrogens is 174 g/mol. The molecule has 0 saturated carbocycles. The van der Waals surface area contributed by atoms with Gasteiger partial charge in [-0.05, 0) is 6.42 Å². The summed E-state index contributed by atoms with van der Waals surface area (Å²) in [6.07, 6.45) is 1.19. The van der Waals surface area contributed by atoms with Crippen LogP contribution in [0, 0.1) is 0 Å². The molecule has 5 heteroatoms. The van der Waals surface area contributed by atoms with Crippen molar-refractivity contribution < 1.29 is 19.4 Å². The van der Waals surface area contributed by atoms with Gasteiger partial charge >= 0.3 is 12.1 Å². The van der Waals surface area contributed by atoms with Gasteiger partial charge in [0.1, 0.15) is 6.61 Å². The molecule has 0 aromatic rings. The summed E-state index contributed by atoms with van der Waals surface area (Å²) in [5.74, 6) is -0.971. The van der Waals surface area contributed by atoms with Crippen molar-refractivity contribution in [2.45, 2.75) is 26.2 Å². The number of nitrogens with one attached hydrogen (secondary N) is 1. The van der Waals surface area contributed by atoms with Gasteiger partial charge in [-0.1, -0.05) is 13.3 Å². The van der Waals surface area contributed by atoms with Crippen LogP contribution in [0.15, 0.2) is 0 Å². The van der Waals surface area contributed by atoms with E-state index >= 15 is 0 Å². The van der Waals surface area contributed by atoms with Crippen molar-refractivity contribution in [3.05, 3.63) is 0 Å². The standard InChI is InChI=1S/C8H15NO4/c1-2-3-5-9-8(12)13-6-4-7(10)11/h2-6H2,1H3,(H,9,12)(H,10,11). The predicted octanol–water partition coefficient (Wildman–Crippen LogP) is 0.987. The van der Waals surface area contributed by atoms with E-state index < -0.39 is 12.1 Å². The molecule has 1 amide bonds. The van der Waals surface area contributed by atoms with Crippen LogP contribution in [-0.4, -0.2) is 30.3 Å². The molecular formula is C8H15NO4. The fraction of sp³-hybridized carbons (Fsp3) is 0.750. The number of ether oxygens (including phenoxy) is 1. The first-order chi connectivity index (χ1) is 6.16. The van der Waals surface area contributed by atoms with Crippen LogP contribution in [-0.2, 0) is 9.53 Å². The van der Waals surface area contributed by atoms with Crippen LogP contribution in [0.1, 0.15) is 26.2 Å². The van der Waals surface area contributed by atoms with Gasteiger partial charge in [-0.3, -0.25) is 4.79 Å². The van der Waals surface area contributed by atoms with Gasteiger partial charge in [-0.2, -0.15) is 0 Å². The minimum Gasteiger partial charge on any atom is -0.481 e. The number of rotatable bonds is 6. The fourth-order valence-corrected chi connectivity index (χ4v) is 0.649. The molecule has 0 rings (SSSR count). The maximum atomic E-state index is 10.8. The van der Waals surface area contributed by atoms with Crippen LogP contribution in [0.5, 0.6) is 0 Å². The maximum Gasteiger partial charge on any atom is 0.407 e. The highest BCUT2D eigenvalue weighted by Crippen LogP contribution is 1.86. The largest absolute Gasteiger partial charge is 0.481 e. The molecule has 0 saturated heterocycles. The lowest BCUT2D eigenvalue weighted by Gasteiger charge is -2.04. The normalized spacial score (nSPS) is 9.31. The lowest BCUT2D eigenvalue weighted by atomic mass is 10.3. The second-order valence-corrected chi connectivity index (χ2v) is 2.56. The molecule has 0 atom stereocenters. The highest BCUT2D eigenvalue weighted by molar-refractivity contribution is 5.69. The smallest absolute Gasteiger partial charge is 0.407 e. The fourth-order valence-electron chi connectivity index (χ4n) is 0.649. The number of aliphatic carboxylic acids is 1. The van der Waals surface area contributed by atoms with Crippen molar-refractivity contribution in [2.24, 2.45) is 0 Å². The molecule has 0 spiro atoms. The quantitative estimate of drug-likeness (QED) is 0.611. The summed E-state index contributed by atoms with van der Waals surface area (Å²) in [5, 5.41) is 10.7. The zero-order valence-corrected chi connectivity index (χ0v) is 7.71. The molecule has 76 valence electrons. The number of hydrogen-bond donors (Lipinski definition) is 2. The van der Waals surface area contributed by atoms with Gasteiger partial charge < -0.3 is 15.2 Å². The first kappa shape index (κ1) is 11.7. The van der Waals surface area contributed by atoms with E-state index in [1.807, 2.05) is 6.92 Å². The van der Waals surface area contributed by atoms with Gasteiger partial charge in [0.15, 0.2) is 0 Å². The number of carbonyl (C=O) groups excluding carboxylic acids is 1. The zero-order valence-electron chi connectivity index (χ0n) is 7.71. The van der Waals surface area contributed by atoms with E-state index in [1.54, 1.807) is 0 Å². The summed E-state index contributed by atoms with van der Waals surface area (Å²) in [6, 6.07) is 0. The monoisotopic (exact) mass is 189 g/mol. The first-order valence-corrected chi connectivity index (χ1v) is 4.29. The average molecular weight is 189 g/mol. The summed E-state index contributed by atoms with van der Waals surface area (Å²) in [6.45, 7) is 2.51. The average Bonchev–Trinajstić information content (AvgIpc) is 2.04. The minimum atomic E-state index is -0.971. The molecule has 13 heavy (non-hydrogen) atoms. The summed E-state index contributed by atoms with van der Waals surface area (Å²) in [5.41, 5.74) is 0. The van der Waals surface area contributed by atoms with Gasteiger partial charge in [-0.15, -0.1) is 0 Å². The number of alkyl carbamates (subject to hydrolysis) is 1. The Morgan fingerprint density at radius 3 is 2.69 bits per heavy atom. The number of carboxylic acids is 1. The summed E-state index contributed by atoms with van der Waals surface area (Å²) < 4.78 is 4.57. The zero-order chi connectivity index (χ0) is 10.1. The number of carbonyl (C=O) groups is 2. The van der Waals surface area contributed by atoms with Crippen molar-refractivity contribution in [3.63, 3.8) is 0 Å². The Labute approximate surface area is 77.1 Å². The second-order valence-electron chi connectivity index (χ2n) is 2.56. The second kappa shape index (κ2) is 7.39. The van der Waals surface area contributed by atoms with Crippen LogP contribution < -0.4 is 5.32 Å². The Kier molecular flexibility index (Phi) is 6.68. The third kappa shape index (κ3) is 8.65. The highest BCUT2D eigenvalue weighted by Gasteiger charge is 2.02. The molecule has 0 aliphatic heterocycles. The molecule has 5 nitrogen and oxygen atoms in total. The molecule has 0 aromatic carbocycles. The molecule has 0 aromatic heterocycles. The van der Waals surface area contributed by atoms with E-state index in [2.05, 4.69) is 10.1 Å². The molecule has 0 bridgehead atoms. The Morgan fingerprint density at radius 1 is 1.46 bits per heavy atom. The van der Waals surface area contributed by atoms with Crippen LogP contribution in [0.4, 0.5) is 4.79 Å². The first-order valence-electron chi connectivity index (χ1n) is 4.29. The summed E-state index contributed by atoms with van der Waals surface area (Å²) in [4.78, 5) is 20.8. The molecule has 0 unspecified atom stereocenters. The van der Waals surface area contributed by atoms with Gasteiger partial charge in [0, 0.05) is 6.54 Å². The topological polar surface area (TPSA) is 75.6 Å². The molecule has 0 heterocycles. The maximum absolute atomic E-state index is 10.8. The van der Waals surface area contributed by atoms with E-state index in [0.717, 1.165) is 12.8 Å². The van der Waals surface area contributed by atoms with E-state index in [1.165, 1.54) is 0 Å². The van der Waals surface area contributed by atoms with Crippen molar-refractivity contribution in [1.29, 1.82) is 0 Å². The highest BCUT2D eigenvalue weighted by atomic mass is 16.5.